The SMILES string of the molecule is Cc1ccc(NC(=O)C[C@H](CCc2nn[nH]n2)c2noc(C3CC(CC(C)C)C3)c2C2CC2)c(C)c1. The monoisotopic (exact) mass is 490 g/mol. The van der Waals surface area contributed by atoms with E-state index in [4.69, 9.17) is 4.52 Å². The first-order valence-corrected chi connectivity index (χ1v) is 13.5. The van der Waals surface area contributed by atoms with E-state index in [9.17, 15) is 4.79 Å². The van der Waals surface area contributed by atoms with Crippen molar-refractivity contribution in [3.8, 4) is 0 Å². The van der Waals surface area contributed by atoms with Crippen LogP contribution < -0.4 is 5.32 Å². The third kappa shape index (κ3) is 5.68. The number of aryl methyl sites for hydroxylation is 3. The van der Waals surface area contributed by atoms with Crippen molar-refractivity contribution in [1.82, 2.24) is 25.8 Å². The first-order valence-electron chi connectivity index (χ1n) is 13.5. The molecule has 1 aromatic carbocycles. The molecule has 2 fully saturated rings. The number of hydrogen-bond acceptors (Lipinski definition) is 6. The number of aromatic nitrogens is 5. The maximum absolute atomic E-state index is 13.2. The number of hydrogen-bond donors (Lipinski definition) is 2. The zero-order valence-electron chi connectivity index (χ0n) is 21.9. The summed E-state index contributed by atoms with van der Waals surface area (Å²) in [4.78, 5) is 13.2. The van der Waals surface area contributed by atoms with Crippen LogP contribution in [0.1, 0.15) is 111 Å². The van der Waals surface area contributed by atoms with Crippen molar-refractivity contribution in [3.05, 3.63) is 52.2 Å². The van der Waals surface area contributed by atoms with Crippen LogP contribution in [0.2, 0.25) is 0 Å². The summed E-state index contributed by atoms with van der Waals surface area (Å²) in [6, 6.07) is 6.09. The van der Waals surface area contributed by atoms with Crippen LogP contribution in [-0.4, -0.2) is 31.7 Å². The normalized spacial score (nSPS) is 20.4. The highest BCUT2D eigenvalue weighted by Gasteiger charge is 2.41. The molecule has 192 valence electrons. The molecular weight excluding hydrogens is 452 g/mol. The molecule has 0 aliphatic heterocycles. The first kappa shape index (κ1) is 24.7. The Morgan fingerprint density at radius 3 is 2.67 bits per heavy atom. The summed E-state index contributed by atoms with van der Waals surface area (Å²) in [5.74, 6) is 4.17. The molecule has 0 saturated heterocycles. The van der Waals surface area contributed by atoms with Crippen LogP contribution in [0.5, 0.6) is 0 Å². The Labute approximate surface area is 213 Å². The summed E-state index contributed by atoms with van der Waals surface area (Å²) in [5.41, 5.74) is 5.37. The lowest BCUT2D eigenvalue weighted by molar-refractivity contribution is -0.116. The lowest BCUT2D eigenvalue weighted by Gasteiger charge is -2.35. The Morgan fingerprint density at radius 2 is 2.00 bits per heavy atom. The highest BCUT2D eigenvalue weighted by atomic mass is 16.5. The molecule has 0 spiro atoms. The lowest BCUT2D eigenvalue weighted by Crippen LogP contribution is -2.24. The maximum Gasteiger partial charge on any atom is 0.225 e. The van der Waals surface area contributed by atoms with Gasteiger partial charge in [-0.3, -0.25) is 4.79 Å². The van der Waals surface area contributed by atoms with E-state index in [1.54, 1.807) is 0 Å². The number of nitrogens with one attached hydrogen (secondary N) is 2. The van der Waals surface area contributed by atoms with E-state index < -0.39 is 0 Å². The summed E-state index contributed by atoms with van der Waals surface area (Å²) in [6.45, 7) is 8.68. The van der Waals surface area contributed by atoms with Gasteiger partial charge in [-0.25, -0.2) is 0 Å². The minimum Gasteiger partial charge on any atom is -0.361 e. The Kier molecular flexibility index (Phi) is 7.21. The molecule has 2 saturated carbocycles. The molecule has 2 N–H and O–H groups in total. The van der Waals surface area contributed by atoms with Gasteiger partial charge in [0.15, 0.2) is 5.82 Å². The van der Waals surface area contributed by atoms with E-state index in [1.807, 2.05) is 19.1 Å². The molecule has 2 aliphatic carbocycles. The topological polar surface area (TPSA) is 110 Å². The fourth-order valence-corrected chi connectivity index (χ4v) is 5.81. The van der Waals surface area contributed by atoms with Crippen LogP contribution in [0.15, 0.2) is 22.7 Å². The number of aromatic amines is 1. The van der Waals surface area contributed by atoms with E-state index in [2.05, 4.69) is 57.9 Å². The molecule has 36 heavy (non-hydrogen) atoms. The minimum absolute atomic E-state index is 0.00740. The van der Waals surface area contributed by atoms with E-state index >= 15 is 0 Å². The second-order valence-electron chi connectivity index (χ2n) is 11.4. The highest BCUT2D eigenvalue weighted by molar-refractivity contribution is 5.92. The largest absolute Gasteiger partial charge is 0.361 e. The van der Waals surface area contributed by atoms with Gasteiger partial charge in [-0.1, -0.05) is 41.9 Å². The fraction of sp³-hybridized carbons (Fsp3) is 0.607. The van der Waals surface area contributed by atoms with Gasteiger partial charge in [0, 0.05) is 35.9 Å². The second kappa shape index (κ2) is 10.5. The average molecular weight is 491 g/mol. The van der Waals surface area contributed by atoms with E-state index in [-0.39, 0.29) is 11.8 Å². The predicted molar refractivity (Wildman–Crippen MR) is 138 cm³/mol. The molecule has 2 heterocycles. The van der Waals surface area contributed by atoms with Crippen molar-refractivity contribution in [1.29, 1.82) is 0 Å². The van der Waals surface area contributed by atoms with Crippen molar-refractivity contribution in [2.24, 2.45) is 11.8 Å². The number of amides is 1. The van der Waals surface area contributed by atoms with Crippen LogP contribution in [0.4, 0.5) is 5.69 Å². The van der Waals surface area contributed by atoms with E-state index in [0.717, 1.165) is 34.5 Å². The zero-order chi connectivity index (χ0) is 25.2. The molecule has 2 aromatic heterocycles. The standard InChI is InChI=1S/C28H38N6O2/c1-16(2)11-19-13-22(14-19)28-26(20-6-7-20)27(32-36-28)21(8-10-24-30-33-34-31-24)15-25(35)29-23-9-5-17(3)12-18(23)4/h5,9,12,16,19-22H,6-8,10-11,13-15H2,1-4H3,(H,29,35)(H,30,31,33,34)/t19?,21-,22?/m0/s1. The van der Waals surface area contributed by atoms with Gasteiger partial charge in [-0.2, -0.15) is 5.21 Å². The quantitative estimate of drug-likeness (QED) is 0.343. The van der Waals surface area contributed by atoms with Crippen molar-refractivity contribution >= 4 is 11.6 Å². The maximum atomic E-state index is 13.2. The van der Waals surface area contributed by atoms with Gasteiger partial charge < -0.3 is 9.84 Å². The number of carbonyl (C=O) groups excluding carboxylic acids is 1. The van der Waals surface area contributed by atoms with Crippen molar-refractivity contribution in [3.63, 3.8) is 0 Å². The third-order valence-electron chi connectivity index (χ3n) is 7.76. The lowest BCUT2D eigenvalue weighted by atomic mass is 9.69. The molecular formula is C28H38N6O2. The van der Waals surface area contributed by atoms with Gasteiger partial charge in [0.2, 0.25) is 5.91 Å². The summed E-state index contributed by atoms with van der Waals surface area (Å²) < 4.78 is 6.07. The number of H-pyrrole nitrogens is 1. The van der Waals surface area contributed by atoms with Crippen molar-refractivity contribution < 1.29 is 9.32 Å². The number of nitrogens with zero attached hydrogens (tertiary/aromatic N) is 4. The Morgan fingerprint density at radius 1 is 1.19 bits per heavy atom. The van der Waals surface area contributed by atoms with E-state index in [0.29, 0.717) is 36.9 Å². The molecule has 0 radical (unpaired) electrons. The second-order valence-corrected chi connectivity index (χ2v) is 11.4. The molecule has 2 aliphatic rings. The van der Waals surface area contributed by atoms with Gasteiger partial charge >= 0.3 is 0 Å². The number of carbonyl (C=O) groups is 1. The molecule has 1 atom stereocenters. The van der Waals surface area contributed by atoms with Crippen molar-refractivity contribution in [2.45, 2.75) is 96.8 Å². The zero-order valence-corrected chi connectivity index (χ0v) is 21.9. The summed E-state index contributed by atoms with van der Waals surface area (Å²) in [6.07, 6.45) is 7.70. The van der Waals surface area contributed by atoms with Gasteiger partial charge in [0.1, 0.15) is 5.76 Å². The van der Waals surface area contributed by atoms with Crippen molar-refractivity contribution in [2.75, 3.05) is 5.32 Å². The molecule has 5 rings (SSSR count). The third-order valence-corrected chi connectivity index (χ3v) is 7.76. The van der Waals surface area contributed by atoms with Gasteiger partial charge in [-0.15, -0.1) is 10.2 Å². The predicted octanol–water partition coefficient (Wildman–Crippen LogP) is 5.97. The molecule has 8 nitrogen and oxygen atoms in total. The first-order chi connectivity index (χ1) is 17.4. The summed E-state index contributed by atoms with van der Waals surface area (Å²) in [5, 5.41) is 22.2. The number of benzene rings is 1. The molecule has 0 bridgehead atoms. The molecule has 1 amide bonds. The number of rotatable bonds is 11. The molecule has 0 unspecified atom stereocenters. The molecule has 8 heteroatoms. The Hall–Kier alpha value is -3.03. The fourth-order valence-electron chi connectivity index (χ4n) is 5.81. The minimum atomic E-state index is -0.0612. The number of anilines is 1. The average Bonchev–Trinajstić information content (AvgIpc) is 3.33. The van der Waals surface area contributed by atoms with Crippen LogP contribution in [-0.2, 0) is 11.2 Å². The highest BCUT2D eigenvalue weighted by Crippen LogP contribution is 2.52. The Bertz CT molecular complexity index is 1170. The van der Waals surface area contributed by atoms with E-state index in [1.165, 1.54) is 43.2 Å². The molecule has 3 aromatic rings. The van der Waals surface area contributed by atoms with Gasteiger partial charge in [0.05, 0.1) is 5.69 Å². The summed E-state index contributed by atoms with van der Waals surface area (Å²) in [7, 11) is 0. The van der Waals surface area contributed by atoms with Crippen LogP contribution >= 0.6 is 0 Å². The van der Waals surface area contributed by atoms with Gasteiger partial charge in [0.25, 0.3) is 0 Å². The Balaban J connectivity index is 1.35. The van der Waals surface area contributed by atoms with Crippen LogP contribution in [0, 0.1) is 25.7 Å². The van der Waals surface area contributed by atoms with Gasteiger partial charge in [-0.05, 0) is 81.8 Å². The number of tetrazole rings is 1. The van der Waals surface area contributed by atoms with Crippen LogP contribution in [0.25, 0.3) is 0 Å². The smallest absolute Gasteiger partial charge is 0.225 e. The summed E-state index contributed by atoms with van der Waals surface area (Å²) >= 11 is 0. The van der Waals surface area contributed by atoms with Crippen LogP contribution in [0.3, 0.4) is 0 Å².